The van der Waals surface area contributed by atoms with Gasteiger partial charge in [0.2, 0.25) is 5.91 Å². The lowest BCUT2D eigenvalue weighted by molar-refractivity contribution is -0.117. The van der Waals surface area contributed by atoms with Gasteiger partial charge in [0.25, 0.3) is 0 Å². The van der Waals surface area contributed by atoms with Crippen molar-refractivity contribution >= 4 is 17.7 Å². The molecule has 2 aromatic carbocycles. The van der Waals surface area contributed by atoms with Gasteiger partial charge in [-0.25, -0.2) is 4.39 Å². The fourth-order valence-electron chi connectivity index (χ4n) is 2.50. The number of thioether (sulfide) groups is 1. The van der Waals surface area contributed by atoms with Crippen molar-refractivity contribution in [2.45, 2.75) is 23.9 Å². The van der Waals surface area contributed by atoms with Crippen molar-refractivity contribution < 1.29 is 9.18 Å². The number of rotatable bonds is 6. The predicted molar refractivity (Wildman–Crippen MR) is 95.3 cm³/mol. The van der Waals surface area contributed by atoms with Crippen LogP contribution in [0.1, 0.15) is 17.7 Å². The van der Waals surface area contributed by atoms with Gasteiger partial charge in [-0.05, 0) is 24.6 Å². The third kappa shape index (κ3) is 3.71. The fourth-order valence-corrected chi connectivity index (χ4v) is 3.55. The number of aromatic nitrogens is 3. The molecule has 3 rings (SSSR count). The van der Waals surface area contributed by atoms with Crippen LogP contribution in [0.4, 0.5) is 4.39 Å². The minimum Gasteiger partial charge on any atom is -0.368 e. The van der Waals surface area contributed by atoms with Gasteiger partial charge in [0.1, 0.15) is 11.1 Å². The van der Waals surface area contributed by atoms with E-state index in [0.29, 0.717) is 17.3 Å². The molecule has 0 aliphatic carbocycles. The Kier molecular flexibility index (Phi) is 5.14. The van der Waals surface area contributed by atoms with Crippen molar-refractivity contribution in [2.24, 2.45) is 5.73 Å². The smallest absolute Gasteiger partial charge is 0.235 e. The fraction of sp³-hybridized carbons (Fsp3) is 0.167. The first-order valence-electron chi connectivity index (χ1n) is 7.80. The Bertz CT molecular complexity index is 865. The number of nitrogens with zero attached hydrogens (tertiary/aromatic N) is 3. The zero-order valence-electron chi connectivity index (χ0n) is 13.6. The van der Waals surface area contributed by atoms with Crippen molar-refractivity contribution in [3.05, 3.63) is 66.0 Å². The molecule has 1 atom stereocenters. The monoisotopic (exact) mass is 356 g/mol. The number of amides is 1. The maximum absolute atomic E-state index is 13.1. The van der Waals surface area contributed by atoms with Crippen LogP contribution in [0.2, 0.25) is 0 Å². The summed E-state index contributed by atoms with van der Waals surface area (Å²) >= 11 is 1.21. The van der Waals surface area contributed by atoms with Crippen LogP contribution in [-0.4, -0.2) is 20.7 Å². The lowest BCUT2D eigenvalue weighted by Crippen LogP contribution is -2.19. The minimum atomic E-state index is -0.668. The van der Waals surface area contributed by atoms with Gasteiger partial charge in [-0.15, -0.1) is 10.2 Å². The van der Waals surface area contributed by atoms with Crippen LogP contribution in [0.25, 0.3) is 11.4 Å². The van der Waals surface area contributed by atoms with Crippen LogP contribution in [-0.2, 0) is 11.3 Å². The predicted octanol–water partition coefficient (Wildman–Crippen LogP) is 3.42. The quantitative estimate of drug-likeness (QED) is 0.687. The van der Waals surface area contributed by atoms with Crippen molar-refractivity contribution in [2.75, 3.05) is 0 Å². The summed E-state index contributed by atoms with van der Waals surface area (Å²) < 4.78 is 15.1. The third-order valence-electron chi connectivity index (χ3n) is 3.72. The summed E-state index contributed by atoms with van der Waals surface area (Å²) in [6, 6.07) is 15.4. The number of carbonyl (C=O) groups excluding carboxylic acids is 1. The number of halogens is 1. The Hall–Kier alpha value is -2.67. The topological polar surface area (TPSA) is 73.8 Å². The largest absolute Gasteiger partial charge is 0.368 e. The number of nitrogens with two attached hydrogens (primary N) is 1. The van der Waals surface area contributed by atoms with Gasteiger partial charge >= 0.3 is 0 Å². The molecule has 5 nitrogen and oxygen atoms in total. The van der Waals surface area contributed by atoms with Crippen molar-refractivity contribution in [3.8, 4) is 11.4 Å². The van der Waals surface area contributed by atoms with Crippen LogP contribution >= 0.6 is 11.8 Å². The zero-order chi connectivity index (χ0) is 17.8. The molecular weight excluding hydrogens is 339 g/mol. The van der Waals surface area contributed by atoms with Gasteiger partial charge in [-0.3, -0.25) is 4.79 Å². The summed E-state index contributed by atoms with van der Waals surface area (Å²) in [5, 5.41) is 8.40. The Morgan fingerprint density at radius 3 is 2.44 bits per heavy atom. The molecule has 0 spiro atoms. The lowest BCUT2D eigenvalue weighted by Gasteiger charge is -2.14. The summed E-state index contributed by atoms with van der Waals surface area (Å²) in [4.78, 5) is 11.9. The second-order valence-corrected chi connectivity index (χ2v) is 6.44. The van der Waals surface area contributed by atoms with E-state index >= 15 is 0 Å². The normalized spacial score (nSPS) is 12.1. The molecule has 1 amide bonds. The van der Waals surface area contributed by atoms with Gasteiger partial charge in [0.05, 0.1) is 0 Å². The second-order valence-electron chi connectivity index (χ2n) is 5.37. The summed E-state index contributed by atoms with van der Waals surface area (Å²) in [6.07, 6.45) is 0. The molecule has 1 aromatic heterocycles. The van der Waals surface area contributed by atoms with E-state index in [0.717, 1.165) is 11.4 Å². The molecule has 0 saturated heterocycles. The highest BCUT2D eigenvalue weighted by molar-refractivity contribution is 8.00. The molecule has 0 aliphatic heterocycles. The Morgan fingerprint density at radius 2 is 1.84 bits per heavy atom. The number of carbonyl (C=O) groups is 1. The van der Waals surface area contributed by atoms with Crippen molar-refractivity contribution in [1.29, 1.82) is 0 Å². The molecule has 0 aliphatic rings. The van der Waals surface area contributed by atoms with E-state index in [2.05, 4.69) is 10.2 Å². The van der Waals surface area contributed by atoms with E-state index in [1.165, 1.54) is 23.9 Å². The van der Waals surface area contributed by atoms with Gasteiger partial charge < -0.3 is 10.3 Å². The highest BCUT2D eigenvalue weighted by Crippen LogP contribution is 2.35. The van der Waals surface area contributed by atoms with E-state index < -0.39 is 11.2 Å². The number of hydrogen-bond donors (Lipinski definition) is 1. The average molecular weight is 356 g/mol. The van der Waals surface area contributed by atoms with E-state index in [1.54, 1.807) is 12.1 Å². The van der Waals surface area contributed by atoms with Crippen molar-refractivity contribution in [1.82, 2.24) is 14.8 Å². The van der Waals surface area contributed by atoms with Crippen LogP contribution in [0, 0.1) is 5.82 Å². The summed E-state index contributed by atoms with van der Waals surface area (Å²) in [7, 11) is 0. The number of benzene rings is 2. The van der Waals surface area contributed by atoms with E-state index in [4.69, 9.17) is 5.73 Å². The Labute approximate surface area is 149 Å². The Balaban J connectivity index is 1.94. The average Bonchev–Trinajstić information content (AvgIpc) is 3.04. The maximum atomic E-state index is 13.1. The highest BCUT2D eigenvalue weighted by Gasteiger charge is 2.23. The van der Waals surface area contributed by atoms with Crippen LogP contribution in [0.5, 0.6) is 0 Å². The van der Waals surface area contributed by atoms with Gasteiger partial charge in [0.15, 0.2) is 11.0 Å². The third-order valence-corrected chi connectivity index (χ3v) is 4.97. The Morgan fingerprint density at radius 1 is 1.16 bits per heavy atom. The molecule has 7 heteroatoms. The first-order chi connectivity index (χ1) is 12.1. The van der Waals surface area contributed by atoms with Crippen LogP contribution in [0.15, 0.2) is 59.8 Å². The second kappa shape index (κ2) is 7.48. The first kappa shape index (κ1) is 17.2. The molecule has 128 valence electrons. The van der Waals surface area contributed by atoms with Gasteiger partial charge in [-0.2, -0.15) is 0 Å². The zero-order valence-corrected chi connectivity index (χ0v) is 14.4. The number of primary amides is 1. The van der Waals surface area contributed by atoms with Crippen LogP contribution in [0.3, 0.4) is 0 Å². The summed E-state index contributed by atoms with van der Waals surface area (Å²) in [6.45, 7) is 2.63. The van der Waals surface area contributed by atoms with E-state index in [1.807, 2.05) is 41.8 Å². The molecule has 3 aromatic rings. The lowest BCUT2D eigenvalue weighted by atomic mass is 10.1. The maximum Gasteiger partial charge on any atom is 0.235 e. The highest BCUT2D eigenvalue weighted by atomic mass is 32.2. The van der Waals surface area contributed by atoms with E-state index in [-0.39, 0.29) is 5.82 Å². The summed E-state index contributed by atoms with van der Waals surface area (Å²) in [5.41, 5.74) is 7.13. The molecule has 0 bridgehead atoms. The molecule has 0 fully saturated rings. The molecule has 1 heterocycles. The number of hydrogen-bond acceptors (Lipinski definition) is 4. The standard InChI is InChI=1S/C18H17FN4OS/c1-2-23-17(13-6-4-3-5-7-13)21-22-18(23)25-15(16(20)24)12-8-10-14(19)11-9-12/h3-11,15H,2H2,1H3,(H2,20,24)/t15-/m1/s1. The minimum absolute atomic E-state index is 0.361. The summed E-state index contributed by atoms with van der Waals surface area (Å²) in [5.74, 6) is -0.142. The van der Waals surface area contributed by atoms with Crippen LogP contribution < -0.4 is 5.73 Å². The van der Waals surface area contributed by atoms with Gasteiger partial charge in [-0.1, -0.05) is 54.2 Å². The molecule has 0 unspecified atom stereocenters. The first-order valence-corrected chi connectivity index (χ1v) is 8.68. The van der Waals surface area contributed by atoms with E-state index in [9.17, 15) is 9.18 Å². The molecule has 0 radical (unpaired) electrons. The molecule has 0 saturated carbocycles. The molecule has 25 heavy (non-hydrogen) atoms. The SMILES string of the molecule is CCn1c(S[C@@H](C(N)=O)c2ccc(F)cc2)nnc1-c1ccccc1. The molecule has 2 N–H and O–H groups in total. The molecular formula is C18H17FN4OS. The van der Waals surface area contributed by atoms with Gasteiger partial charge in [0, 0.05) is 12.1 Å². The van der Waals surface area contributed by atoms with Crippen molar-refractivity contribution in [3.63, 3.8) is 0 Å².